The predicted octanol–water partition coefficient (Wildman–Crippen LogP) is 0.765. The van der Waals surface area contributed by atoms with Crippen molar-refractivity contribution in [2.45, 2.75) is 12.5 Å². The molecule has 0 spiro atoms. The molecule has 1 unspecified atom stereocenters. The highest BCUT2D eigenvalue weighted by Crippen LogP contribution is 2.24. The van der Waals surface area contributed by atoms with Gasteiger partial charge >= 0.3 is 0 Å². The van der Waals surface area contributed by atoms with Crippen molar-refractivity contribution in [3.05, 3.63) is 34.9 Å². The third kappa shape index (κ3) is 2.07. The first-order valence-electron chi connectivity index (χ1n) is 6.26. The van der Waals surface area contributed by atoms with Gasteiger partial charge in [-0.2, -0.15) is 0 Å². The summed E-state index contributed by atoms with van der Waals surface area (Å²) in [4.78, 5) is 16.7. The first kappa shape index (κ1) is 13.1. The average Bonchev–Trinajstić information content (AvgIpc) is 2.79. The van der Waals surface area contributed by atoms with E-state index in [1.54, 1.807) is 18.2 Å². The summed E-state index contributed by atoms with van der Waals surface area (Å²) >= 11 is 0. The van der Waals surface area contributed by atoms with Gasteiger partial charge in [-0.15, -0.1) is 0 Å². The van der Waals surface area contributed by atoms with Crippen molar-refractivity contribution < 1.29 is 13.2 Å². The lowest BCUT2D eigenvalue weighted by atomic mass is 10.2. The third-order valence-corrected chi connectivity index (χ3v) is 5.35. The smallest absolute Gasteiger partial charge is 0.261 e. The van der Waals surface area contributed by atoms with Crippen molar-refractivity contribution in [2.24, 2.45) is 0 Å². The molecular weight excluding hydrogens is 280 g/mol. The second-order valence-corrected chi connectivity index (χ2v) is 7.10. The van der Waals surface area contributed by atoms with E-state index in [4.69, 9.17) is 4.74 Å². The van der Waals surface area contributed by atoms with Crippen LogP contribution in [0.2, 0.25) is 0 Å². The molecular formula is C13H14N2O4S. The second-order valence-electron chi connectivity index (χ2n) is 4.87. The Hall–Kier alpha value is -1.89. The zero-order valence-corrected chi connectivity index (χ0v) is 11.8. The molecule has 1 aliphatic rings. The van der Waals surface area contributed by atoms with E-state index in [9.17, 15) is 13.2 Å². The molecule has 20 heavy (non-hydrogen) atoms. The van der Waals surface area contributed by atoms with E-state index < -0.39 is 9.84 Å². The Morgan fingerprint density at radius 1 is 1.40 bits per heavy atom. The first-order chi connectivity index (χ1) is 9.52. The molecule has 0 aliphatic carbocycles. The van der Waals surface area contributed by atoms with Crippen molar-refractivity contribution in [2.75, 3.05) is 18.6 Å². The summed E-state index contributed by atoms with van der Waals surface area (Å²) in [7, 11) is -1.52. The molecule has 1 saturated heterocycles. The molecule has 7 heteroatoms. The van der Waals surface area contributed by atoms with Gasteiger partial charge in [0.15, 0.2) is 9.84 Å². The fourth-order valence-corrected chi connectivity index (χ4v) is 4.27. The standard InChI is InChI=1S/C13H14N2O4S/c1-19-11-4-2-3-10-12(11)14-8-15(13(10)16)9-5-6-20(17,18)7-9/h2-4,8-9H,5-7H2,1H3. The van der Waals surface area contributed by atoms with Crippen molar-refractivity contribution in [1.29, 1.82) is 0 Å². The maximum Gasteiger partial charge on any atom is 0.261 e. The highest BCUT2D eigenvalue weighted by atomic mass is 32.2. The third-order valence-electron chi connectivity index (χ3n) is 3.60. The number of fused-ring (bicyclic) bond motifs is 1. The molecule has 1 aromatic heterocycles. The van der Waals surface area contributed by atoms with E-state index in [1.807, 2.05) is 0 Å². The highest BCUT2D eigenvalue weighted by molar-refractivity contribution is 7.91. The molecule has 1 aliphatic heterocycles. The molecule has 3 rings (SSSR count). The maximum atomic E-state index is 12.5. The lowest BCUT2D eigenvalue weighted by molar-refractivity contribution is 0.418. The van der Waals surface area contributed by atoms with E-state index in [2.05, 4.69) is 4.98 Å². The van der Waals surface area contributed by atoms with Crippen molar-refractivity contribution in [1.82, 2.24) is 9.55 Å². The van der Waals surface area contributed by atoms with Crippen LogP contribution in [0.15, 0.2) is 29.3 Å². The normalized spacial score (nSPS) is 21.1. The summed E-state index contributed by atoms with van der Waals surface area (Å²) in [5.41, 5.74) is 0.271. The number of ether oxygens (including phenoxy) is 1. The number of methoxy groups -OCH3 is 1. The Bertz CT molecular complexity index is 826. The Kier molecular flexibility index (Phi) is 3.01. The molecule has 6 nitrogen and oxygen atoms in total. The molecule has 0 N–H and O–H groups in total. The topological polar surface area (TPSA) is 78.3 Å². The zero-order chi connectivity index (χ0) is 14.3. The SMILES string of the molecule is COc1cccc2c(=O)n(C3CCS(=O)(=O)C3)cnc12. The Balaban J connectivity index is 2.16. The molecule has 2 aromatic rings. The number of sulfone groups is 1. The van der Waals surface area contributed by atoms with E-state index >= 15 is 0 Å². The second kappa shape index (κ2) is 4.59. The minimum Gasteiger partial charge on any atom is -0.494 e. The number of benzene rings is 1. The molecule has 2 heterocycles. The fraction of sp³-hybridized carbons (Fsp3) is 0.385. The summed E-state index contributed by atoms with van der Waals surface area (Å²) in [6.07, 6.45) is 1.87. The van der Waals surface area contributed by atoms with E-state index in [0.717, 1.165) is 0 Å². The van der Waals surface area contributed by atoms with Crippen LogP contribution in [0.4, 0.5) is 0 Å². The molecule has 1 atom stereocenters. The summed E-state index contributed by atoms with van der Waals surface area (Å²) in [5.74, 6) is 0.662. The van der Waals surface area contributed by atoms with Gasteiger partial charge in [-0.3, -0.25) is 9.36 Å². The van der Waals surface area contributed by atoms with Crippen LogP contribution in [0.25, 0.3) is 10.9 Å². The van der Waals surface area contributed by atoms with E-state index in [0.29, 0.717) is 23.1 Å². The zero-order valence-electron chi connectivity index (χ0n) is 10.9. The fourth-order valence-electron chi connectivity index (χ4n) is 2.56. The van der Waals surface area contributed by atoms with Crippen molar-refractivity contribution in [3.8, 4) is 5.75 Å². The lowest BCUT2D eigenvalue weighted by Gasteiger charge is -2.13. The Morgan fingerprint density at radius 2 is 2.20 bits per heavy atom. The van der Waals surface area contributed by atoms with Gasteiger partial charge in [0.2, 0.25) is 0 Å². The van der Waals surface area contributed by atoms with Crippen LogP contribution in [0, 0.1) is 0 Å². The molecule has 0 radical (unpaired) electrons. The molecule has 0 bridgehead atoms. The quantitative estimate of drug-likeness (QED) is 0.817. The van der Waals surface area contributed by atoms with Crippen LogP contribution >= 0.6 is 0 Å². The maximum absolute atomic E-state index is 12.5. The molecule has 1 aromatic carbocycles. The van der Waals surface area contributed by atoms with Gasteiger partial charge in [-0.05, 0) is 18.6 Å². The average molecular weight is 294 g/mol. The van der Waals surface area contributed by atoms with Gasteiger partial charge in [0.25, 0.3) is 5.56 Å². The highest BCUT2D eigenvalue weighted by Gasteiger charge is 2.30. The number of aromatic nitrogens is 2. The van der Waals surface area contributed by atoms with E-state index in [1.165, 1.54) is 18.0 Å². The largest absolute Gasteiger partial charge is 0.494 e. The number of nitrogens with zero attached hydrogens (tertiary/aromatic N) is 2. The van der Waals surface area contributed by atoms with Crippen LogP contribution < -0.4 is 10.3 Å². The van der Waals surface area contributed by atoms with Crippen molar-refractivity contribution >= 4 is 20.7 Å². The first-order valence-corrected chi connectivity index (χ1v) is 8.08. The van der Waals surface area contributed by atoms with Gasteiger partial charge in [0, 0.05) is 0 Å². The van der Waals surface area contributed by atoms with Gasteiger partial charge in [0.1, 0.15) is 11.3 Å². The van der Waals surface area contributed by atoms with Gasteiger partial charge in [-0.25, -0.2) is 13.4 Å². The summed E-state index contributed by atoms with van der Waals surface area (Å²) in [6.45, 7) is 0. The molecule has 1 fully saturated rings. The summed E-state index contributed by atoms with van der Waals surface area (Å²) in [6, 6.07) is 4.81. The Labute approximate surface area is 115 Å². The lowest BCUT2D eigenvalue weighted by Crippen LogP contribution is -2.26. The van der Waals surface area contributed by atoms with Gasteiger partial charge < -0.3 is 4.74 Å². The Morgan fingerprint density at radius 3 is 2.85 bits per heavy atom. The number of hydrogen-bond acceptors (Lipinski definition) is 5. The van der Waals surface area contributed by atoms with Gasteiger partial charge in [-0.1, -0.05) is 6.07 Å². The van der Waals surface area contributed by atoms with E-state index in [-0.39, 0.29) is 23.1 Å². The molecule has 0 amide bonds. The van der Waals surface area contributed by atoms with Crippen molar-refractivity contribution in [3.63, 3.8) is 0 Å². The monoisotopic (exact) mass is 294 g/mol. The summed E-state index contributed by atoms with van der Waals surface area (Å²) < 4.78 is 29.7. The molecule has 0 saturated carbocycles. The minimum absolute atomic E-state index is 0.00403. The number of rotatable bonds is 2. The van der Waals surface area contributed by atoms with Crippen LogP contribution in [0.3, 0.4) is 0 Å². The number of para-hydroxylation sites is 1. The van der Waals surface area contributed by atoms with Crippen LogP contribution in [-0.2, 0) is 9.84 Å². The number of hydrogen-bond donors (Lipinski definition) is 0. The summed E-state index contributed by atoms with van der Waals surface area (Å²) in [5, 5.41) is 0.441. The predicted molar refractivity (Wildman–Crippen MR) is 74.9 cm³/mol. The van der Waals surface area contributed by atoms with Crippen LogP contribution in [0.1, 0.15) is 12.5 Å². The molecule has 106 valence electrons. The minimum atomic E-state index is -3.04. The van der Waals surface area contributed by atoms with Gasteiger partial charge in [0.05, 0.1) is 36.4 Å². The van der Waals surface area contributed by atoms with Crippen LogP contribution in [-0.4, -0.2) is 36.6 Å². The van der Waals surface area contributed by atoms with Crippen LogP contribution in [0.5, 0.6) is 5.75 Å².